The molecule has 0 unspecified atom stereocenters. The molecule has 2 amide bonds. The zero-order chi connectivity index (χ0) is 27.9. The normalized spacial score (nSPS) is 12.3. The molecule has 0 saturated carbocycles. The van der Waals surface area contributed by atoms with Crippen molar-refractivity contribution in [2.24, 2.45) is 0 Å². The summed E-state index contributed by atoms with van der Waals surface area (Å²) < 4.78 is 27.2. The molecule has 3 aromatic carbocycles. The molecular formula is C27H28Cl3N3O4S. The summed E-state index contributed by atoms with van der Waals surface area (Å²) in [5, 5.41) is 3.84. The lowest BCUT2D eigenvalue weighted by Crippen LogP contribution is -2.53. The molecule has 0 saturated heterocycles. The molecule has 0 bridgehead atoms. The summed E-state index contributed by atoms with van der Waals surface area (Å²) in [6.45, 7) is 1.68. The lowest BCUT2D eigenvalue weighted by molar-refractivity contribution is -0.141. The Morgan fingerprint density at radius 3 is 2.16 bits per heavy atom. The van der Waals surface area contributed by atoms with Gasteiger partial charge in [-0.2, -0.15) is 4.31 Å². The molecule has 1 N–H and O–H groups in total. The summed E-state index contributed by atoms with van der Waals surface area (Å²) in [4.78, 5) is 28.4. The average Bonchev–Trinajstić information content (AvgIpc) is 2.89. The summed E-state index contributed by atoms with van der Waals surface area (Å²) in [7, 11) is -2.68. The molecule has 0 aliphatic carbocycles. The van der Waals surface area contributed by atoms with Crippen LogP contribution in [0.5, 0.6) is 0 Å². The van der Waals surface area contributed by atoms with Crippen molar-refractivity contribution in [2.75, 3.05) is 20.1 Å². The number of rotatable bonds is 11. The monoisotopic (exact) mass is 595 g/mol. The van der Waals surface area contributed by atoms with Crippen LogP contribution in [0.3, 0.4) is 0 Å². The third-order valence-electron chi connectivity index (χ3n) is 5.84. The number of nitrogens with one attached hydrogen (secondary N) is 1. The molecule has 11 heteroatoms. The average molecular weight is 597 g/mol. The number of carbonyl (C=O) groups excluding carboxylic acids is 2. The largest absolute Gasteiger partial charge is 0.355 e. The fourth-order valence-electron chi connectivity index (χ4n) is 3.83. The Labute approximate surface area is 238 Å². The number of benzene rings is 3. The zero-order valence-corrected chi connectivity index (χ0v) is 24.0. The molecule has 0 aliphatic rings. The van der Waals surface area contributed by atoms with Crippen LogP contribution in [0.25, 0.3) is 0 Å². The number of hydrogen-bond donors (Lipinski definition) is 1. The van der Waals surface area contributed by atoms with E-state index >= 15 is 0 Å². The van der Waals surface area contributed by atoms with E-state index in [1.165, 1.54) is 36.2 Å². The first-order valence-electron chi connectivity index (χ1n) is 11.8. The molecule has 3 rings (SSSR count). The van der Waals surface area contributed by atoms with Crippen LogP contribution in [0.1, 0.15) is 18.1 Å². The minimum atomic E-state index is -4.00. The molecule has 0 aliphatic heterocycles. The van der Waals surface area contributed by atoms with Gasteiger partial charge in [0.05, 0.1) is 21.5 Å². The van der Waals surface area contributed by atoms with Crippen molar-refractivity contribution in [3.63, 3.8) is 0 Å². The van der Waals surface area contributed by atoms with Gasteiger partial charge in [0, 0.05) is 31.6 Å². The molecule has 1 atom stereocenters. The van der Waals surface area contributed by atoms with E-state index in [0.717, 1.165) is 9.87 Å². The summed E-state index contributed by atoms with van der Waals surface area (Å²) in [5.41, 5.74) is 1.48. The van der Waals surface area contributed by atoms with Gasteiger partial charge in [-0.1, -0.05) is 71.2 Å². The van der Waals surface area contributed by atoms with Crippen LogP contribution in [-0.2, 0) is 32.6 Å². The molecule has 0 radical (unpaired) electrons. The Morgan fingerprint density at radius 2 is 1.55 bits per heavy atom. The van der Waals surface area contributed by atoms with Crippen LogP contribution >= 0.6 is 34.8 Å². The summed E-state index contributed by atoms with van der Waals surface area (Å²) in [6, 6.07) is 19.0. The molecule has 7 nitrogen and oxygen atoms in total. The number of hydrogen-bond acceptors (Lipinski definition) is 4. The van der Waals surface area contributed by atoms with Crippen molar-refractivity contribution in [2.45, 2.75) is 30.8 Å². The van der Waals surface area contributed by atoms with E-state index in [2.05, 4.69) is 5.32 Å². The number of sulfonamides is 1. The first-order chi connectivity index (χ1) is 18.0. The summed E-state index contributed by atoms with van der Waals surface area (Å²) in [5.74, 6) is -0.906. The first-order valence-corrected chi connectivity index (χ1v) is 14.4. The van der Waals surface area contributed by atoms with Crippen molar-refractivity contribution in [3.8, 4) is 0 Å². The molecule has 38 heavy (non-hydrogen) atoms. The maximum absolute atomic E-state index is 13.7. The number of nitrogens with zero attached hydrogens (tertiary/aromatic N) is 2. The van der Waals surface area contributed by atoms with Crippen molar-refractivity contribution in [3.05, 3.63) is 99.0 Å². The van der Waals surface area contributed by atoms with Crippen molar-refractivity contribution in [1.82, 2.24) is 14.5 Å². The van der Waals surface area contributed by atoms with E-state index in [1.54, 1.807) is 25.1 Å². The van der Waals surface area contributed by atoms with E-state index in [4.69, 9.17) is 34.8 Å². The van der Waals surface area contributed by atoms with Crippen LogP contribution in [-0.4, -0.2) is 55.6 Å². The molecule has 202 valence electrons. The van der Waals surface area contributed by atoms with Gasteiger partial charge < -0.3 is 10.2 Å². The Balaban J connectivity index is 1.97. The van der Waals surface area contributed by atoms with Crippen LogP contribution in [0, 0.1) is 0 Å². The summed E-state index contributed by atoms with van der Waals surface area (Å²) >= 11 is 18.2. The highest BCUT2D eigenvalue weighted by Crippen LogP contribution is 2.25. The highest BCUT2D eigenvalue weighted by molar-refractivity contribution is 7.89. The first kappa shape index (κ1) is 29.9. The predicted octanol–water partition coefficient (Wildman–Crippen LogP) is 5.04. The maximum atomic E-state index is 13.7. The van der Waals surface area contributed by atoms with E-state index in [-0.39, 0.29) is 23.8 Å². The number of halogens is 3. The van der Waals surface area contributed by atoms with E-state index in [1.807, 2.05) is 30.3 Å². The van der Waals surface area contributed by atoms with Crippen LogP contribution in [0.15, 0.2) is 77.7 Å². The van der Waals surface area contributed by atoms with Gasteiger partial charge in [-0.3, -0.25) is 9.59 Å². The van der Waals surface area contributed by atoms with Gasteiger partial charge in [0.2, 0.25) is 21.8 Å². The molecule has 3 aromatic rings. The molecule has 0 aromatic heterocycles. The highest BCUT2D eigenvalue weighted by Gasteiger charge is 2.33. The van der Waals surface area contributed by atoms with Gasteiger partial charge in [-0.05, 0) is 54.4 Å². The standard InChI is InChI=1S/C27H28Cl3N3O4S/c1-3-31-27(35)25(16-19-7-5-4-6-8-19)33(17-20-9-14-23(29)24(30)15-20)26(34)18-32(2)38(36,37)22-12-10-21(28)11-13-22/h4-15,25H,3,16-18H2,1-2H3,(H,31,35)/t25-/m0/s1. The van der Waals surface area contributed by atoms with Crippen LogP contribution < -0.4 is 5.32 Å². The number of likely N-dealkylation sites (N-methyl/N-ethyl adjacent to an activating group) is 2. The van der Waals surface area contributed by atoms with Gasteiger partial charge in [0.25, 0.3) is 0 Å². The van der Waals surface area contributed by atoms with Gasteiger partial charge in [-0.15, -0.1) is 0 Å². The lowest BCUT2D eigenvalue weighted by Gasteiger charge is -2.32. The van der Waals surface area contributed by atoms with Crippen molar-refractivity contribution in [1.29, 1.82) is 0 Å². The summed E-state index contributed by atoms with van der Waals surface area (Å²) in [6.07, 6.45) is 0.230. The SMILES string of the molecule is CCNC(=O)[C@H](Cc1ccccc1)N(Cc1ccc(Cl)c(Cl)c1)C(=O)CN(C)S(=O)(=O)c1ccc(Cl)cc1. The highest BCUT2D eigenvalue weighted by atomic mass is 35.5. The fraction of sp³-hybridized carbons (Fsp3) is 0.259. The van der Waals surface area contributed by atoms with Gasteiger partial charge in [0.15, 0.2) is 0 Å². The zero-order valence-electron chi connectivity index (χ0n) is 20.9. The number of carbonyl (C=O) groups is 2. The van der Waals surface area contributed by atoms with Gasteiger partial charge in [0.1, 0.15) is 6.04 Å². The second kappa shape index (κ2) is 13.4. The minimum Gasteiger partial charge on any atom is -0.355 e. The smallest absolute Gasteiger partial charge is 0.243 e. The second-order valence-electron chi connectivity index (χ2n) is 8.59. The van der Waals surface area contributed by atoms with Crippen LogP contribution in [0.4, 0.5) is 0 Å². The Morgan fingerprint density at radius 1 is 0.895 bits per heavy atom. The quantitative estimate of drug-likeness (QED) is 0.336. The van der Waals surface area contributed by atoms with Crippen molar-refractivity contribution < 1.29 is 18.0 Å². The third kappa shape index (κ3) is 7.71. The minimum absolute atomic E-state index is 0.00204. The van der Waals surface area contributed by atoms with Crippen LogP contribution in [0.2, 0.25) is 15.1 Å². The van der Waals surface area contributed by atoms with E-state index in [9.17, 15) is 18.0 Å². The van der Waals surface area contributed by atoms with E-state index in [0.29, 0.717) is 27.2 Å². The fourth-order valence-corrected chi connectivity index (χ4v) is 5.40. The lowest BCUT2D eigenvalue weighted by atomic mass is 10.0. The predicted molar refractivity (Wildman–Crippen MR) is 151 cm³/mol. The topological polar surface area (TPSA) is 86.8 Å². The Kier molecular flexibility index (Phi) is 10.6. The number of amides is 2. The van der Waals surface area contributed by atoms with Gasteiger partial charge >= 0.3 is 0 Å². The Hall–Kier alpha value is -2.62. The molecular weight excluding hydrogens is 569 g/mol. The molecule has 0 fully saturated rings. The maximum Gasteiger partial charge on any atom is 0.243 e. The van der Waals surface area contributed by atoms with E-state index < -0.39 is 28.5 Å². The second-order valence-corrected chi connectivity index (χ2v) is 11.9. The molecule has 0 spiro atoms. The Bertz CT molecular complexity index is 1370. The third-order valence-corrected chi connectivity index (χ3v) is 8.65. The molecule has 0 heterocycles. The van der Waals surface area contributed by atoms with Crippen molar-refractivity contribution >= 4 is 56.6 Å². The van der Waals surface area contributed by atoms with Gasteiger partial charge in [-0.25, -0.2) is 8.42 Å².